The van der Waals surface area contributed by atoms with E-state index in [2.05, 4.69) is 25.5 Å². The molecule has 1 aliphatic rings. The van der Waals surface area contributed by atoms with Crippen molar-refractivity contribution < 1.29 is 9.53 Å². The molecule has 1 fully saturated rings. The molecule has 8 heteroatoms. The first-order valence-electron chi connectivity index (χ1n) is 9.39. The number of aromatic nitrogens is 3. The highest BCUT2D eigenvalue weighted by Crippen LogP contribution is 2.20. The van der Waals surface area contributed by atoms with Crippen molar-refractivity contribution in [3.8, 4) is 0 Å². The average molecular weight is 380 g/mol. The van der Waals surface area contributed by atoms with Crippen LogP contribution in [0.4, 0.5) is 10.5 Å². The Hall–Kier alpha value is -2.97. The number of pyridine rings is 1. The van der Waals surface area contributed by atoms with E-state index in [-0.39, 0.29) is 12.1 Å². The van der Waals surface area contributed by atoms with Gasteiger partial charge in [-0.2, -0.15) is 0 Å². The summed E-state index contributed by atoms with van der Waals surface area (Å²) < 4.78 is 7.38. The van der Waals surface area contributed by atoms with Crippen molar-refractivity contribution in [1.29, 1.82) is 0 Å². The van der Waals surface area contributed by atoms with Gasteiger partial charge in [-0.15, -0.1) is 0 Å². The summed E-state index contributed by atoms with van der Waals surface area (Å²) in [7, 11) is 1.93. The Kier molecular flexibility index (Phi) is 5.50. The minimum Gasteiger partial charge on any atom is -0.379 e. The van der Waals surface area contributed by atoms with Gasteiger partial charge < -0.3 is 19.9 Å². The van der Waals surface area contributed by atoms with Gasteiger partial charge in [0.15, 0.2) is 0 Å². The van der Waals surface area contributed by atoms with Gasteiger partial charge in [-0.25, -0.2) is 9.78 Å². The van der Waals surface area contributed by atoms with Crippen LogP contribution in [0.3, 0.4) is 0 Å². The van der Waals surface area contributed by atoms with Gasteiger partial charge >= 0.3 is 6.03 Å². The Morgan fingerprint density at radius 3 is 2.86 bits per heavy atom. The molecule has 3 heterocycles. The second-order valence-electron chi connectivity index (χ2n) is 6.81. The number of morpholine rings is 1. The molecule has 2 N–H and O–H groups in total. The van der Waals surface area contributed by atoms with E-state index in [1.807, 2.05) is 48.0 Å². The molecule has 28 heavy (non-hydrogen) atoms. The number of carbonyl (C=O) groups is 1. The van der Waals surface area contributed by atoms with E-state index in [0.717, 1.165) is 35.5 Å². The lowest BCUT2D eigenvalue weighted by Crippen LogP contribution is -2.44. The van der Waals surface area contributed by atoms with E-state index in [9.17, 15) is 4.79 Å². The highest BCUT2D eigenvalue weighted by atomic mass is 16.5. The minimum absolute atomic E-state index is 0.00963. The van der Waals surface area contributed by atoms with Crippen molar-refractivity contribution in [3.05, 3.63) is 54.6 Å². The van der Waals surface area contributed by atoms with E-state index in [4.69, 9.17) is 4.74 Å². The van der Waals surface area contributed by atoms with Gasteiger partial charge in [0.1, 0.15) is 0 Å². The quantitative estimate of drug-likeness (QED) is 0.709. The van der Waals surface area contributed by atoms with Crippen molar-refractivity contribution >= 4 is 22.8 Å². The number of hydrogen-bond donors (Lipinski definition) is 2. The molecule has 0 spiro atoms. The first-order chi connectivity index (χ1) is 13.7. The summed E-state index contributed by atoms with van der Waals surface area (Å²) in [5, 5.41) is 5.89. The van der Waals surface area contributed by atoms with Crippen molar-refractivity contribution in [3.63, 3.8) is 0 Å². The lowest BCUT2D eigenvalue weighted by atomic mass is 10.1. The molecule has 4 rings (SSSR count). The van der Waals surface area contributed by atoms with Gasteiger partial charge in [-0.3, -0.25) is 9.88 Å². The lowest BCUT2D eigenvalue weighted by Gasteiger charge is -2.34. The van der Waals surface area contributed by atoms with Gasteiger partial charge in [0.05, 0.1) is 42.3 Å². The van der Waals surface area contributed by atoms with Crippen molar-refractivity contribution in [2.24, 2.45) is 7.05 Å². The third kappa shape index (κ3) is 4.13. The van der Waals surface area contributed by atoms with Gasteiger partial charge in [-0.05, 0) is 30.3 Å². The summed E-state index contributed by atoms with van der Waals surface area (Å²) in [5.41, 5.74) is 3.55. The van der Waals surface area contributed by atoms with Crippen LogP contribution in [0.1, 0.15) is 11.7 Å². The summed E-state index contributed by atoms with van der Waals surface area (Å²) in [5.74, 6) is 0. The monoisotopic (exact) mass is 380 g/mol. The van der Waals surface area contributed by atoms with Crippen LogP contribution in [0.15, 0.2) is 48.9 Å². The van der Waals surface area contributed by atoms with E-state index >= 15 is 0 Å². The topological polar surface area (TPSA) is 84.3 Å². The zero-order chi connectivity index (χ0) is 19.3. The molecule has 0 saturated carbocycles. The highest BCUT2D eigenvalue weighted by molar-refractivity contribution is 5.91. The Morgan fingerprint density at radius 2 is 2.07 bits per heavy atom. The summed E-state index contributed by atoms with van der Waals surface area (Å²) in [6.45, 7) is 3.50. The molecule has 0 radical (unpaired) electrons. The number of aryl methyl sites for hydroxylation is 1. The van der Waals surface area contributed by atoms with Crippen LogP contribution in [-0.2, 0) is 11.8 Å². The molecule has 1 atom stereocenters. The number of carbonyl (C=O) groups excluding carboxylic acids is 1. The number of anilines is 1. The van der Waals surface area contributed by atoms with E-state index in [1.165, 1.54) is 0 Å². The molecule has 146 valence electrons. The molecule has 1 saturated heterocycles. The average Bonchev–Trinajstić information content (AvgIpc) is 3.10. The standard InChI is InChI=1S/C20H24N6O2/c1-25-14-23-17-6-5-15(12-18(17)25)24-20(27)22-13-19(16-4-2-3-7-21-16)26-8-10-28-11-9-26/h2-7,12,14,19H,8-11,13H2,1H3,(H2,22,24,27)/t19-/m0/s1. The number of nitrogens with one attached hydrogen (secondary N) is 2. The molecule has 0 aliphatic carbocycles. The Balaban J connectivity index is 1.42. The van der Waals surface area contributed by atoms with Crippen molar-refractivity contribution in [2.75, 3.05) is 38.2 Å². The first kappa shape index (κ1) is 18.4. The summed E-state index contributed by atoms with van der Waals surface area (Å²) in [4.78, 5) is 23.6. The normalized spacial score (nSPS) is 16.0. The number of amides is 2. The maximum Gasteiger partial charge on any atom is 0.319 e. The molecule has 2 aromatic heterocycles. The smallest absolute Gasteiger partial charge is 0.319 e. The van der Waals surface area contributed by atoms with Gasteiger partial charge in [-0.1, -0.05) is 6.07 Å². The fourth-order valence-electron chi connectivity index (χ4n) is 3.45. The van der Waals surface area contributed by atoms with E-state index in [0.29, 0.717) is 19.8 Å². The Bertz CT molecular complexity index is 936. The largest absolute Gasteiger partial charge is 0.379 e. The Labute approximate surface area is 163 Å². The fourth-order valence-corrected chi connectivity index (χ4v) is 3.45. The number of hydrogen-bond acceptors (Lipinski definition) is 5. The highest BCUT2D eigenvalue weighted by Gasteiger charge is 2.24. The van der Waals surface area contributed by atoms with Crippen LogP contribution >= 0.6 is 0 Å². The molecular formula is C20H24N6O2. The number of benzene rings is 1. The molecule has 1 aliphatic heterocycles. The van der Waals surface area contributed by atoms with Gasteiger partial charge in [0.2, 0.25) is 0 Å². The molecule has 2 amide bonds. The summed E-state index contributed by atoms with van der Waals surface area (Å²) in [6.07, 6.45) is 3.54. The molecule has 0 bridgehead atoms. The van der Waals surface area contributed by atoms with Crippen molar-refractivity contribution in [1.82, 2.24) is 24.8 Å². The van der Waals surface area contributed by atoms with Crippen LogP contribution in [0, 0.1) is 0 Å². The SMILES string of the molecule is Cn1cnc2ccc(NC(=O)NC[C@@H](c3ccccn3)N3CCOCC3)cc21. The van der Waals surface area contributed by atoms with E-state index in [1.54, 1.807) is 12.5 Å². The molecular weight excluding hydrogens is 356 g/mol. The van der Waals surface area contributed by atoms with Gasteiger partial charge in [0.25, 0.3) is 0 Å². The van der Waals surface area contributed by atoms with Crippen LogP contribution in [-0.4, -0.2) is 58.3 Å². The molecule has 8 nitrogen and oxygen atoms in total. The van der Waals surface area contributed by atoms with Crippen molar-refractivity contribution in [2.45, 2.75) is 6.04 Å². The molecule has 3 aromatic rings. The summed E-state index contributed by atoms with van der Waals surface area (Å²) in [6, 6.07) is 11.3. The van der Waals surface area contributed by atoms with Crippen LogP contribution in [0.25, 0.3) is 11.0 Å². The lowest BCUT2D eigenvalue weighted by molar-refractivity contribution is 0.0159. The minimum atomic E-state index is -0.240. The fraction of sp³-hybridized carbons (Fsp3) is 0.350. The zero-order valence-electron chi connectivity index (χ0n) is 15.8. The zero-order valence-corrected chi connectivity index (χ0v) is 15.8. The van der Waals surface area contributed by atoms with Crippen LogP contribution in [0.2, 0.25) is 0 Å². The second kappa shape index (κ2) is 8.37. The molecule has 1 aromatic carbocycles. The summed E-state index contributed by atoms with van der Waals surface area (Å²) >= 11 is 0. The number of ether oxygens (including phenoxy) is 1. The number of nitrogens with zero attached hydrogens (tertiary/aromatic N) is 4. The Morgan fingerprint density at radius 1 is 1.21 bits per heavy atom. The third-order valence-electron chi connectivity index (χ3n) is 4.95. The van der Waals surface area contributed by atoms with Gasteiger partial charge in [0, 0.05) is 38.6 Å². The van der Waals surface area contributed by atoms with Crippen LogP contribution in [0.5, 0.6) is 0 Å². The molecule has 0 unspecified atom stereocenters. The number of rotatable bonds is 5. The first-order valence-corrected chi connectivity index (χ1v) is 9.39. The maximum absolute atomic E-state index is 12.5. The predicted octanol–water partition coefficient (Wildman–Crippen LogP) is 2.16. The third-order valence-corrected chi connectivity index (χ3v) is 4.95. The second-order valence-corrected chi connectivity index (χ2v) is 6.81. The van der Waals surface area contributed by atoms with Crippen LogP contribution < -0.4 is 10.6 Å². The van der Waals surface area contributed by atoms with E-state index < -0.39 is 0 Å². The number of fused-ring (bicyclic) bond motifs is 1. The number of imidazole rings is 1. The predicted molar refractivity (Wildman–Crippen MR) is 107 cm³/mol. The maximum atomic E-state index is 12.5. The number of urea groups is 1.